The van der Waals surface area contributed by atoms with Crippen LogP contribution in [0.3, 0.4) is 0 Å². The van der Waals surface area contributed by atoms with Crippen molar-refractivity contribution in [2.75, 3.05) is 6.54 Å². The Hall–Kier alpha value is -3.13. The van der Waals surface area contributed by atoms with Crippen LogP contribution >= 0.6 is 15.9 Å². The first kappa shape index (κ1) is 26.9. The molecule has 1 heterocycles. The van der Waals surface area contributed by atoms with Gasteiger partial charge in [-0.15, -0.1) is 0 Å². The number of nitrogens with zero attached hydrogens (tertiary/aromatic N) is 1. The van der Waals surface area contributed by atoms with E-state index in [1.807, 2.05) is 18.2 Å². The van der Waals surface area contributed by atoms with Gasteiger partial charge in [0.2, 0.25) is 5.91 Å². The first-order chi connectivity index (χ1) is 17.8. The smallest absolute Gasteiger partial charge is 0.336 e. The number of carbonyl (C=O) groups excluding carboxylic acids is 1. The van der Waals surface area contributed by atoms with Crippen LogP contribution < -0.4 is 0 Å². The number of carboxylic acid groups (broad SMARTS) is 2. The van der Waals surface area contributed by atoms with Crippen LogP contribution in [0, 0.1) is 5.41 Å². The molecular formula is C29H32BrNO6. The van der Waals surface area contributed by atoms with Crippen LogP contribution in [0.15, 0.2) is 51.4 Å². The van der Waals surface area contributed by atoms with E-state index in [1.54, 1.807) is 23.1 Å². The number of aliphatic carboxylic acids is 1. The second-order valence-electron chi connectivity index (χ2n) is 9.93. The van der Waals surface area contributed by atoms with Gasteiger partial charge < -0.3 is 19.5 Å². The quantitative estimate of drug-likeness (QED) is 0.238. The highest BCUT2D eigenvalue weighted by Gasteiger charge is 2.43. The van der Waals surface area contributed by atoms with Gasteiger partial charge in [0.15, 0.2) is 0 Å². The first-order valence-corrected chi connectivity index (χ1v) is 13.6. The zero-order valence-electron chi connectivity index (χ0n) is 21.0. The largest absolute Gasteiger partial charge is 0.481 e. The van der Waals surface area contributed by atoms with Crippen molar-refractivity contribution in [3.63, 3.8) is 0 Å². The number of furan rings is 1. The predicted octanol–water partition coefficient (Wildman–Crippen LogP) is 7.11. The minimum absolute atomic E-state index is 0.0246. The lowest BCUT2D eigenvalue weighted by molar-refractivity contribution is -0.151. The fraction of sp³-hybridized carbons (Fsp3) is 0.414. The number of hydrogen-bond acceptors (Lipinski definition) is 4. The molecule has 7 nitrogen and oxygen atoms in total. The summed E-state index contributed by atoms with van der Waals surface area (Å²) in [6.07, 6.45) is 6.03. The van der Waals surface area contributed by atoms with Crippen LogP contribution in [0.1, 0.15) is 74.2 Å². The lowest BCUT2D eigenvalue weighted by atomic mass is 9.85. The standard InChI is InChI=1S/C29H32BrNO6/c1-2-3-4-11-24(32)31(18-29(28(35)36)14-7-8-15-29)17-19-12-13-23-22(16-19)25(30)26(37-23)20-9-5-6-10-21(20)27(33)34/h5-6,9-10,12-13,16H,2-4,7-8,11,14-15,17-18H2,1H3,(H,33,34)(H,35,36). The fourth-order valence-corrected chi connectivity index (χ4v) is 5.85. The van der Waals surface area contributed by atoms with E-state index in [1.165, 1.54) is 6.07 Å². The Balaban J connectivity index is 1.66. The average molecular weight is 570 g/mol. The van der Waals surface area contributed by atoms with E-state index in [0.29, 0.717) is 47.2 Å². The van der Waals surface area contributed by atoms with Gasteiger partial charge in [0, 0.05) is 30.5 Å². The molecule has 0 atom stereocenters. The summed E-state index contributed by atoms with van der Waals surface area (Å²) in [5, 5.41) is 20.4. The Labute approximate surface area is 224 Å². The third-order valence-electron chi connectivity index (χ3n) is 7.32. The summed E-state index contributed by atoms with van der Waals surface area (Å²) < 4.78 is 6.67. The summed E-state index contributed by atoms with van der Waals surface area (Å²) in [4.78, 5) is 38.9. The van der Waals surface area contributed by atoms with Gasteiger partial charge in [0.05, 0.1) is 15.5 Å². The van der Waals surface area contributed by atoms with Gasteiger partial charge in [-0.25, -0.2) is 4.79 Å². The van der Waals surface area contributed by atoms with Crippen LogP contribution in [0.2, 0.25) is 0 Å². The molecule has 0 saturated heterocycles. The maximum absolute atomic E-state index is 13.2. The molecule has 37 heavy (non-hydrogen) atoms. The van der Waals surface area contributed by atoms with Gasteiger partial charge in [0.25, 0.3) is 0 Å². The van der Waals surface area contributed by atoms with Crippen LogP contribution in [0.4, 0.5) is 0 Å². The highest BCUT2D eigenvalue weighted by Crippen LogP contribution is 2.41. The minimum atomic E-state index is -1.04. The van der Waals surface area contributed by atoms with E-state index >= 15 is 0 Å². The van der Waals surface area contributed by atoms with Gasteiger partial charge in [0.1, 0.15) is 11.3 Å². The van der Waals surface area contributed by atoms with E-state index in [4.69, 9.17) is 4.42 Å². The van der Waals surface area contributed by atoms with Crippen molar-refractivity contribution < 1.29 is 29.0 Å². The lowest BCUT2D eigenvalue weighted by Crippen LogP contribution is -2.44. The van der Waals surface area contributed by atoms with Crippen molar-refractivity contribution in [1.29, 1.82) is 0 Å². The van der Waals surface area contributed by atoms with Gasteiger partial charge >= 0.3 is 11.9 Å². The summed E-state index contributed by atoms with van der Waals surface area (Å²) in [6.45, 7) is 2.59. The Bertz CT molecular complexity index is 1310. The fourth-order valence-electron chi connectivity index (χ4n) is 5.25. The molecule has 0 radical (unpaired) electrons. The second kappa shape index (κ2) is 11.5. The SMILES string of the molecule is CCCCCC(=O)N(Cc1ccc2oc(-c3ccccc3C(=O)O)c(Br)c2c1)CC1(C(=O)O)CCCC1. The number of carbonyl (C=O) groups is 3. The monoisotopic (exact) mass is 569 g/mol. The number of aromatic carboxylic acids is 1. The summed E-state index contributed by atoms with van der Waals surface area (Å²) in [6, 6.07) is 12.3. The number of unbranched alkanes of at least 4 members (excludes halogenated alkanes) is 2. The normalized spacial score (nSPS) is 14.6. The van der Waals surface area contributed by atoms with Gasteiger partial charge in [-0.2, -0.15) is 0 Å². The van der Waals surface area contributed by atoms with Crippen molar-refractivity contribution in [3.8, 4) is 11.3 Å². The molecule has 2 aromatic carbocycles. The number of rotatable bonds is 11. The van der Waals surface area contributed by atoms with Crippen LogP contribution in [-0.2, 0) is 16.1 Å². The lowest BCUT2D eigenvalue weighted by Gasteiger charge is -2.32. The molecule has 196 valence electrons. The number of halogens is 1. The van der Waals surface area contributed by atoms with Gasteiger partial charge in [-0.05, 0) is 59.0 Å². The number of carboxylic acids is 2. The Morgan fingerprint density at radius 3 is 2.46 bits per heavy atom. The Kier molecular flexibility index (Phi) is 8.37. The molecule has 1 aliphatic carbocycles. The Morgan fingerprint density at radius 1 is 1.05 bits per heavy atom. The molecular weight excluding hydrogens is 538 g/mol. The molecule has 3 aromatic rings. The number of hydrogen-bond donors (Lipinski definition) is 2. The maximum atomic E-state index is 13.2. The highest BCUT2D eigenvalue weighted by molar-refractivity contribution is 9.10. The van der Waals surface area contributed by atoms with Crippen LogP contribution in [-0.4, -0.2) is 39.5 Å². The maximum Gasteiger partial charge on any atom is 0.336 e. The molecule has 1 aromatic heterocycles. The van der Waals surface area contributed by atoms with E-state index in [-0.39, 0.29) is 18.0 Å². The molecule has 0 unspecified atom stereocenters. The van der Waals surface area contributed by atoms with Gasteiger partial charge in [-0.3, -0.25) is 9.59 Å². The zero-order valence-corrected chi connectivity index (χ0v) is 22.6. The van der Waals surface area contributed by atoms with E-state index < -0.39 is 17.4 Å². The predicted molar refractivity (Wildman–Crippen MR) is 144 cm³/mol. The summed E-state index contributed by atoms with van der Waals surface area (Å²) >= 11 is 3.60. The summed E-state index contributed by atoms with van der Waals surface area (Å²) in [7, 11) is 0. The summed E-state index contributed by atoms with van der Waals surface area (Å²) in [5.41, 5.74) is 1.16. The first-order valence-electron chi connectivity index (χ1n) is 12.8. The molecule has 1 aliphatic rings. The second-order valence-corrected chi connectivity index (χ2v) is 10.7. The zero-order chi connectivity index (χ0) is 26.6. The molecule has 1 saturated carbocycles. The average Bonchev–Trinajstić information content (AvgIpc) is 3.49. The molecule has 0 bridgehead atoms. The van der Waals surface area contributed by atoms with E-state index in [0.717, 1.165) is 43.1 Å². The van der Waals surface area contributed by atoms with E-state index in [2.05, 4.69) is 22.9 Å². The molecule has 2 N–H and O–H groups in total. The molecule has 1 amide bonds. The van der Waals surface area contributed by atoms with Crippen LogP contribution in [0.25, 0.3) is 22.3 Å². The highest BCUT2D eigenvalue weighted by atomic mass is 79.9. The van der Waals surface area contributed by atoms with Crippen molar-refractivity contribution >= 4 is 44.7 Å². The topological polar surface area (TPSA) is 108 Å². The Morgan fingerprint density at radius 2 is 1.78 bits per heavy atom. The summed E-state index contributed by atoms with van der Waals surface area (Å²) in [5.74, 6) is -1.47. The van der Waals surface area contributed by atoms with Crippen molar-refractivity contribution in [2.45, 2.75) is 64.8 Å². The third-order valence-corrected chi connectivity index (χ3v) is 8.11. The van der Waals surface area contributed by atoms with Crippen LogP contribution in [0.5, 0.6) is 0 Å². The molecule has 8 heteroatoms. The van der Waals surface area contributed by atoms with Crippen molar-refractivity contribution in [3.05, 3.63) is 58.1 Å². The minimum Gasteiger partial charge on any atom is -0.481 e. The van der Waals surface area contributed by atoms with E-state index in [9.17, 15) is 24.6 Å². The van der Waals surface area contributed by atoms with Gasteiger partial charge in [-0.1, -0.05) is 56.9 Å². The number of fused-ring (bicyclic) bond motifs is 1. The van der Waals surface area contributed by atoms with Crippen molar-refractivity contribution in [2.24, 2.45) is 5.41 Å². The number of amides is 1. The molecule has 1 fully saturated rings. The molecule has 4 rings (SSSR count). The third kappa shape index (κ3) is 5.74. The number of benzene rings is 2. The van der Waals surface area contributed by atoms with Crippen molar-refractivity contribution in [1.82, 2.24) is 4.90 Å². The molecule has 0 spiro atoms. The molecule has 0 aliphatic heterocycles.